The number of benzene rings is 2. The van der Waals surface area contributed by atoms with Crippen LogP contribution < -0.4 is 15.6 Å². The lowest BCUT2D eigenvalue weighted by molar-refractivity contribution is -0.115. The number of nitrogens with one attached hydrogen (secondary N) is 1. The molecule has 1 N–H and O–H groups in total. The van der Waals surface area contributed by atoms with E-state index in [4.69, 9.17) is 9.72 Å². The average molecular weight is 438 g/mol. The summed E-state index contributed by atoms with van der Waals surface area (Å²) < 4.78 is 7.06. The average Bonchev–Trinajstić information content (AvgIpc) is 2.80. The standard InChI is InChI=1S/C24H27N3O3S/c1-16(22(28)25-17-9-8-12-19(15-17)30-2)31-24-26-21-14-7-6-13-20(21)23(29)27(24)18-10-4-3-5-11-18/h6-9,12-16,18H,3-5,10-11H2,1-2H3,(H,25,28)/t16-/m0/s1. The first-order chi connectivity index (χ1) is 15.1. The lowest BCUT2D eigenvalue weighted by Gasteiger charge is -2.26. The van der Waals surface area contributed by atoms with E-state index in [0.717, 1.165) is 25.7 Å². The van der Waals surface area contributed by atoms with Crippen LogP contribution in [0.1, 0.15) is 45.1 Å². The summed E-state index contributed by atoms with van der Waals surface area (Å²) in [5.74, 6) is 0.538. The Morgan fingerprint density at radius 3 is 2.71 bits per heavy atom. The van der Waals surface area contributed by atoms with Gasteiger partial charge in [-0.15, -0.1) is 0 Å². The van der Waals surface area contributed by atoms with Gasteiger partial charge in [0.2, 0.25) is 5.91 Å². The fraction of sp³-hybridized carbons (Fsp3) is 0.375. The molecular weight excluding hydrogens is 410 g/mol. The van der Waals surface area contributed by atoms with Gasteiger partial charge in [0.15, 0.2) is 5.16 Å². The van der Waals surface area contributed by atoms with Crippen molar-refractivity contribution in [3.63, 3.8) is 0 Å². The number of ether oxygens (including phenoxy) is 1. The van der Waals surface area contributed by atoms with Crippen LogP contribution in [0, 0.1) is 0 Å². The molecule has 7 heteroatoms. The molecule has 1 atom stereocenters. The van der Waals surface area contributed by atoms with E-state index in [-0.39, 0.29) is 17.5 Å². The van der Waals surface area contributed by atoms with Crippen LogP contribution in [0.3, 0.4) is 0 Å². The summed E-state index contributed by atoms with van der Waals surface area (Å²) in [6.07, 6.45) is 5.36. The molecule has 1 amide bonds. The van der Waals surface area contributed by atoms with Gasteiger partial charge in [-0.2, -0.15) is 0 Å². The van der Waals surface area contributed by atoms with Crippen molar-refractivity contribution in [1.82, 2.24) is 9.55 Å². The molecule has 6 nitrogen and oxygen atoms in total. The highest BCUT2D eigenvalue weighted by Crippen LogP contribution is 2.32. The van der Waals surface area contributed by atoms with Crippen LogP contribution in [0.25, 0.3) is 10.9 Å². The largest absolute Gasteiger partial charge is 0.497 e. The molecule has 0 bridgehead atoms. The lowest BCUT2D eigenvalue weighted by atomic mass is 9.95. The van der Waals surface area contributed by atoms with E-state index in [0.29, 0.717) is 27.5 Å². The molecule has 31 heavy (non-hydrogen) atoms. The summed E-state index contributed by atoms with van der Waals surface area (Å²) in [5, 5.41) is 3.76. The number of amides is 1. The second kappa shape index (κ2) is 9.56. The Bertz CT molecular complexity index is 1140. The zero-order valence-electron chi connectivity index (χ0n) is 17.8. The summed E-state index contributed by atoms with van der Waals surface area (Å²) >= 11 is 1.34. The SMILES string of the molecule is COc1cccc(NC(=O)[C@H](C)Sc2nc3ccccc3c(=O)n2C2CCCCC2)c1. The maximum absolute atomic E-state index is 13.4. The Morgan fingerprint density at radius 2 is 1.94 bits per heavy atom. The zero-order chi connectivity index (χ0) is 21.8. The van der Waals surface area contributed by atoms with Crippen LogP contribution in [0.2, 0.25) is 0 Å². The Kier molecular flexibility index (Phi) is 6.61. The number of fused-ring (bicyclic) bond motifs is 1. The molecule has 0 aliphatic heterocycles. The van der Waals surface area contributed by atoms with E-state index in [1.165, 1.54) is 18.2 Å². The first-order valence-corrected chi connectivity index (χ1v) is 11.6. The molecule has 162 valence electrons. The van der Waals surface area contributed by atoms with Crippen molar-refractivity contribution in [2.24, 2.45) is 0 Å². The molecule has 1 heterocycles. The number of hydrogen-bond acceptors (Lipinski definition) is 5. The minimum Gasteiger partial charge on any atom is -0.497 e. The van der Waals surface area contributed by atoms with Crippen molar-refractivity contribution in [3.8, 4) is 5.75 Å². The van der Waals surface area contributed by atoms with Gasteiger partial charge >= 0.3 is 0 Å². The lowest BCUT2D eigenvalue weighted by Crippen LogP contribution is -2.30. The van der Waals surface area contributed by atoms with Gasteiger partial charge in [-0.3, -0.25) is 14.2 Å². The van der Waals surface area contributed by atoms with Crippen LogP contribution in [0.5, 0.6) is 5.75 Å². The third-order valence-electron chi connectivity index (χ3n) is 5.70. The van der Waals surface area contributed by atoms with Gasteiger partial charge in [-0.1, -0.05) is 49.2 Å². The highest BCUT2D eigenvalue weighted by Gasteiger charge is 2.25. The van der Waals surface area contributed by atoms with Crippen LogP contribution in [0.15, 0.2) is 58.5 Å². The highest BCUT2D eigenvalue weighted by molar-refractivity contribution is 8.00. The van der Waals surface area contributed by atoms with Crippen LogP contribution in [0.4, 0.5) is 5.69 Å². The molecule has 1 saturated carbocycles. The quantitative estimate of drug-likeness (QED) is 0.432. The van der Waals surface area contributed by atoms with Crippen molar-refractivity contribution in [1.29, 1.82) is 0 Å². The Morgan fingerprint density at radius 1 is 1.16 bits per heavy atom. The van der Waals surface area contributed by atoms with Crippen molar-refractivity contribution < 1.29 is 9.53 Å². The molecule has 1 aliphatic carbocycles. The number of nitrogens with zero attached hydrogens (tertiary/aromatic N) is 2. The van der Waals surface area contributed by atoms with Gasteiger partial charge in [0, 0.05) is 17.8 Å². The second-order valence-corrected chi connectivity index (χ2v) is 9.17. The summed E-state index contributed by atoms with van der Waals surface area (Å²) in [5.41, 5.74) is 1.33. The molecule has 0 radical (unpaired) electrons. The topological polar surface area (TPSA) is 73.2 Å². The fourth-order valence-electron chi connectivity index (χ4n) is 4.03. The molecule has 1 aromatic heterocycles. The number of anilines is 1. The number of rotatable bonds is 6. The number of thioether (sulfide) groups is 1. The summed E-state index contributed by atoms with van der Waals surface area (Å²) in [6, 6.07) is 14.8. The number of hydrogen-bond donors (Lipinski definition) is 1. The Labute approximate surface area is 186 Å². The van der Waals surface area contributed by atoms with Gasteiger partial charge in [-0.25, -0.2) is 4.98 Å². The van der Waals surface area contributed by atoms with Gasteiger partial charge in [-0.05, 0) is 44.0 Å². The Hall–Kier alpha value is -2.80. The molecule has 1 fully saturated rings. The monoisotopic (exact) mass is 437 g/mol. The molecule has 0 saturated heterocycles. The smallest absolute Gasteiger partial charge is 0.262 e. The van der Waals surface area contributed by atoms with Crippen molar-refractivity contribution in [3.05, 3.63) is 58.9 Å². The number of carbonyl (C=O) groups is 1. The van der Waals surface area contributed by atoms with Crippen LogP contribution >= 0.6 is 11.8 Å². The van der Waals surface area contributed by atoms with Gasteiger partial charge < -0.3 is 10.1 Å². The highest BCUT2D eigenvalue weighted by atomic mass is 32.2. The van der Waals surface area contributed by atoms with E-state index in [1.807, 2.05) is 54.0 Å². The maximum Gasteiger partial charge on any atom is 0.262 e. The van der Waals surface area contributed by atoms with Gasteiger partial charge in [0.1, 0.15) is 5.75 Å². The van der Waals surface area contributed by atoms with E-state index in [1.54, 1.807) is 13.2 Å². The van der Waals surface area contributed by atoms with Gasteiger partial charge in [0.05, 0.1) is 23.3 Å². The molecule has 0 spiro atoms. The minimum absolute atomic E-state index is 0.0135. The third-order valence-corrected chi connectivity index (χ3v) is 6.77. The summed E-state index contributed by atoms with van der Waals surface area (Å²) in [6.45, 7) is 1.84. The zero-order valence-corrected chi connectivity index (χ0v) is 18.7. The first kappa shape index (κ1) is 21.4. The summed E-state index contributed by atoms with van der Waals surface area (Å²) in [4.78, 5) is 31.0. The second-order valence-electron chi connectivity index (χ2n) is 7.86. The van der Waals surface area contributed by atoms with E-state index >= 15 is 0 Å². The third kappa shape index (κ3) is 4.77. The normalized spacial score (nSPS) is 15.5. The van der Waals surface area contributed by atoms with E-state index < -0.39 is 5.25 Å². The van der Waals surface area contributed by atoms with Crippen LogP contribution in [-0.2, 0) is 4.79 Å². The van der Waals surface area contributed by atoms with Gasteiger partial charge in [0.25, 0.3) is 5.56 Å². The molecule has 0 unspecified atom stereocenters. The first-order valence-electron chi connectivity index (χ1n) is 10.7. The molecule has 2 aromatic carbocycles. The van der Waals surface area contributed by atoms with Crippen molar-refractivity contribution >= 4 is 34.3 Å². The molecular formula is C24H27N3O3S. The number of aromatic nitrogens is 2. The predicted octanol–water partition coefficient (Wildman–Crippen LogP) is 5.03. The van der Waals surface area contributed by atoms with E-state index in [9.17, 15) is 9.59 Å². The number of carbonyl (C=O) groups excluding carboxylic acids is 1. The summed E-state index contributed by atoms with van der Waals surface area (Å²) in [7, 11) is 1.59. The predicted molar refractivity (Wildman–Crippen MR) is 125 cm³/mol. The Balaban J connectivity index is 1.63. The van der Waals surface area contributed by atoms with Crippen LogP contribution in [-0.4, -0.2) is 27.8 Å². The van der Waals surface area contributed by atoms with Crippen molar-refractivity contribution in [2.75, 3.05) is 12.4 Å². The van der Waals surface area contributed by atoms with Crippen molar-refractivity contribution in [2.45, 2.75) is 55.5 Å². The maximum atomic E-state index is 13.4. The number of methoxy groups -OCH3 is 1. The van der Waals surface area contributed by atoms with E-state index in [2.05, 4.69) is 5.32 Å². The molecule has 4 rings (SSSR count). The fourth-order valence-corrected chi connectivity index (χ4v) is 5.01. The minimum atomic E-state index is -0.422. The molecule has 1 aliphatic rings. The number of para-hydroxylation sites is 1. The molecule has 3 aromatic rings.